The maximum Gasteiger partial charge on any atom is 0.229 e. The molecule has 0 aliphatic carbocycles. The Labute approximate surface area is 128 Å². The van der Waals surface area contributed by atoms with Gasteiger partial charge in [-0.15, -0.1) is 10.2 Å². The lowest BCUT2D eigenvalue weighted by molar-refractivity contribution is -0.115. The normalized spacial score (nSPS) is 10.5. The lowest BCUT2D eigenvalue weighted by Crippen LogP contribution is -2.16. The molecule has 1 aromatic carbocycles. The summed E-state index contributed by atoms with van der Waals surface area (Å²) in [6, 6.07) is 11.0. The van der Waals surface area contributed by atoms with Gasteiger partial charge in [-0.2, -0.15) is 0 Å². The second-order valence-electron chi connectivity index (χ2n) is 4.95. The van der Waals surface area contributed by atoms with Gasteiger partial charge in [0.05, 0.1) is 6.42 Å². The van der Waals surface area contributed by atoms with E-state index >= 15 is 0 Å². The van der Waals surface area contributed by atoms with Gasteiger partial charge in [-0.1, -0.05) is 23.7 Å². The van der Waals surface area contributed by atoms with E-state index in [2.05, 4.69) is 20.8 Å². The van der Waals surface area contributed by atoms with Gasteiger partial charge >= 0.3 is 0 Å². The smallest absolute Gasteiger partial charge is 0.229 e. The number of anilines is 2. The number of nitrogens with one attached hydrogen (secondary N) is 2. The first-order valence-corrected chi connectivity index (χ1v) is 7.05. The maximum atomic E-state index is 11.9. The van der Waals surface area contributed by atoms with E-state index in [1.807, 2.05) is 26.0 Å². The first-order chi connectivity index (χ1) is 10.0. The minimum Gasteiger partial charge on any atom is -0.366 e. The summed E-state index contributed by atoms with van der Waals surface area (Å²) in [5.74, 6) is 0.972. The molecular formula is C15H17ClN4O. The van der Waals surface area contributed by atoms with Crippen LogP contribution in [0.4, 0.5) is 11.6 Å². The Balaban J connectivity index is 1.91. The van der Waals surface area contributed by atoms with Crippen LogP contribution in [0.2, 0.25) is 5.02 Å². The number of amides is 1. The summed E-state index contributed by atoms with van der Waals surface area (Å²) >= 11 is 5.80. The van der Waals surface area contributed by atoms with Crippen molar-refractivity contribution in [2.24, 2.45) is 0 Å². The molecule has 0 fully saturated rings. The zero-order chi connectivity index (χ0) is 15.2. The summed E-state index contributed by atoms with van der Waals surface area (Å²) in [5, 5.41) is 14.5. The quantitative estimate of drug-likeness (QED) is 0.890. The summed E-state index contributed by atoms with van der Waals surface area (Å²) < 4.78 is 0. The SMILES string of the molecule is CC(C)Nc1ccc(NC(=O)Cc2ccc(Cl)cc2)nn1. The molecule has 2 aromatic rings. The molecule has 6 heteroatoms. The Morgan fingerprint density at radius 2 is 1.71 bits per heavy atom. The highest BCUT2D eigenvalue weighted by Gasteiger charge is 2.06. The van der Waals surface area contributed by atoms with Crippen LogP contribution in [0.25, 0.3) is 0 Å². The molecule has 110 valence electrons. The molecule has 2 N–H and O–H groups in total. The number of halogens is 1. The summed E-state index contributed by atoms with van der Waals surface area (Å²) in [4.78, 5) is 11.9. The summed E-state index contributed by atoms with van der Waals surface area (Å²) in [5.41, 5.74) is 0.892. The lowest BCUT2D eigenvalue weighted by Gasteiger charge is -2.09. The first-order valence-electron chi connectivity index (χ1n) is 6.67. The van der Waals surface area contributed by atoms with E-state index in [1.165, 1.54) is 0 Å². The van der Waals surface area contributed by atoms with Crippen LogP contribution in [0.15, 0.2) is 36.4 Å². The van der Waals surface area contributed by atoms with E-state index in [0.717, 1.165) is 5.56 Å². The Kier molecular flexibility index (Phi) is 5.11. The fourth-order valence-corrected chi connectivity index (χ4v) is 1.87. The van der Waals surface area contributed by atoms with Crippen molar-refractivity contribution in [3.05, 3.63) is 47.0 Å². The van der Waals surface area contributed by atoms with Crippen LogP contribution in [0, 0.1) is 0 Å². The molecule has 0 aliphatic rings. The van der Waals surface area contributed by atoms with Crippen molar-refractivity contribution >= 4 is 29.1 Å². The monoisotopic (exact) mass is 304 g/mol. The zero-order valence-electron chi connectivity index (χ0n) is 11.9. The van der Waals surface area contributed by atoms with E-state index in [0.29, 0.717) is 16.7 Å². The van der Waals surface area contributed by atoms with E-state index in [9.17, 15) is 4.79 Å². The average Bonchev–Trinajstić information content (AvgIpc) is 2.43. The highest BCUT2D eigenvalue weighted by Crippen LogP contribution is 2.11. The van der Waals surface area contributed by atoms with Crippen LogP contribution >= 0.6 is 11.6 Å². The average molecular weight is 305 g/mol. The highest BCUT2D eigenvalue weighted by atomic mass is 35.5. The molecule has 0 saturated heterocycles. The van der Waals surface area contributed by atoms with Crippen molar-refractivity contribution in [3.63, 3.8) is 0 Å². The second-order valence-corrected chi connectivity index (χ2v) is 5.39. The number of hydrogen-bond acceptors (Lipinski definition) is 4. The molecule has 0 spiro atoms. The minimum absolute atomic E-state index is 0.142. The zero-order valence-corrected chi connectivity index (χ0v) is 12.7. The first kappa shape index (κ1) is 15.3. The predicted molar refractivity (Wildman–Crippen MR) is 84.6 cm³/mol. The molecule has 5 nitrogen and oxygen atoms in total. The largest absolute Gasteiger partial charge is 0.366 e. The van der Waals surface area contributed by atoms with Gasteiger partial charge in [0.25, 0.3) is 0 Å². The second kappa shape index (κ2) is 7.04. The predicted octanol–water partition coefficient (Wildman–Crippen LogP) is 3.13. The van der Waals surface area contributed by atoms with Gasteiger partial charge in [-0.3, -0.25) is 4.79 Å². The van der Waals surface area contributed by atoms with Crippen LogP contribution < -0.4 is 10.6 Å². The fourth-order valence-electron chi connectivity index (χ4n) is 1.75. The van der Waals surface area contributed by atoms with Crippen molar-refractivity contribution in [3.8, 4) is 0 Å². The van der Waals surface area contributed by atoms with Gasteiger partial charge in [-0.05, 0) is 43.7 Å². The number of hydrogen-bond donors (Lipinski definition) is 2. The standard InChI is InChI=1S/C15H17ClN4O/c1-10(2)17-13-7-8-14(20-19-13)18-15(21)9-11-3-5-12(16)6-4-11/h3-8,10H,9H2,1-2H3,(H,17,19)(H,18,20,21). The molecule has 0 unspecified atom stereocenters. The van der Waals surface area contributed by atoms with Crippen LogP contribution in [-0.4, -0.2) is 22.1 Å². The van der Waals surface area contributed by atoms with Gasteiger partial charge < -0.3 is 10.6 Å². The summed E-state index contributed by atoms with van der Waals surface area (Å²) in [6.07, 6.45) is 0.269. The van der Waals surface area contributed by atoms with Gasteiger partial charge in [0, 0.05) is 11.1 Å². The molecule has 1 amide bonds. The number of carbonyl (C=O) groups excluding carboxylic acids is 1. The van der Waals surface area contributed by atoms with Gasteiger partial charge in [0.15, 0.2) is 5.82 Å². The van der Waals surface area contributed by atoms with Crippen molar-refractivity contribution in [2.75, 3.05) is 10.6 Å². The molecule has 0 radical (unpaired) electrons. The number of carbonyl (C=O) groups is 1. The van der Waals surface area contributed by atoms with Crippen molar-refractivity contribution in [1.29, 1.82) is 0 Å². The number of benzene rings is 1. The van der Waals surface area contributed by atoms with Crippen molar-refractivity contribution in [1.82, 2.24) is 10.2 Å². The lowest BCUT2D eigenvalue weighted by atomic mass is 10.1. The molecule has 0 atom stereocenters. The third-order valence-corrected chi connectivity index (χ3v) is 2.90. The van der Waals surface area contributed by atoms with Crippen LogP contribution in [0.5, 0.6) is 0 Å². The molecule has 0 bridgehead atoms. The third-order valence-electron chi connectivity index (χ3n) is 2.65. The molecule has 21 heavy (non-hydrogen) atoms. The number of rotatable bonds is 5. The molecular weight excluding hydrogens is 288 g/mol. The van der Waals surface area contributed by atoms with E-state index in [4.69, 9.17) is 11.6 Å². The third kappa shape index (κ3) is 5.04. The van der Waals surface area contributed by atoms with E-state index in [-0.39, 0.29) is 18.4 Å². The Morgan fingerprint density at radius 1 is 1.10 bits per heavy atom. The Bertz CT molecular complexity index is 596. The van der Waals surface area contributed by atoms with Crippen LogP contribution in [-0.2, 0) is 11.2 Å². The molecule has 0 aliphatic heterocycles. The van der Waals surface area contributed by atoms with E-state index < -0.39 is 0 Å². The van der Waals surface area contributed by atoms with Crippen LogP contribution in [0.1, 0.15) is 19.4 Å². The molecule has 1 aromatic heterocycles. The summed E-state index contributed by atoms with van der Waals surface area (Å²) in [7, 11) is 0. The number of nitrogens with zero attached hydrogens (tertiary/aromatic N) is 2. The highest BCUT2D eigenvalue weighted by molar-refractivity contribution is 6.30. The van der Waals surface area contributed by atoms with Crippen LogP contribution in [0.3, 0.4) is 0 Å². The topological polar surface area (TPSA) is 66.9 Å². The van der Waals surface area contributed by atoms with Crippen molar-refractivity contribution in [2.45, 2.75) is 26.3 Å². The summed E-state index contributed by atoms with van der Waals surface area (Å²) in [6.45, 7) is 4.03. The number of aromatic nitrogens is 2. The Hall–Kier alpha value is -2.14. The Morgan fingerprint density at radius 3 is 2.29 bits per heavy atom. The maximum absolute atomic E-state index is 11.9. The van der Waals surface area contributed by atoms with Crippen molar-refractivity contribution < 1.29 is 4.79 Å². The minimum atomic E-state index is -0.142. The van der Waals surface area contributed by atoms with Gasteiger partial charge in [0.2, 0.25) is 5.91 Å². The molecule has 0 saturated carbocycles. The van der Waals surface area contributed by atoms with Gasteiger partial charge in [0.1, 0.15) is 5.82 Å². The fraction of sp³-hybridized carbons (Fsp3) is 0.267. The molecule has 2 rings (SSSR count). The van der Waals surface area contributed by atoms with Gasteiger partial charge in [-0.25, -0.2) is 0 Å². The van der Waals surface area contributed by atoms with E-state index in [1.54, 1.807) is 24.3 Å². The molecule has 1 heterocycles.